The summed E-state index contributed by atoms with van der Waals surface area (Å²) in [4.78, 5) is 15.0. The standard InChI is InChI=1S/C6H13NO2/c1-5(7-9-3)4-6(2)8/h5,7H,4H2,1-3H3. The van der Waals surface area contributed by atoms with Crippen molar-refractivity contribution in [2.24, 2.45) is 0 Å². The Balaban J connectivity index is 3.26. The van der Waals surface area contributed by atoms with Gasteiger partial charge in [0.2, 0.25) is 0 Å². The van der Waals surface area contributed by atoms with Crippen molar-refractivity contribution in [1.82, 2.24) is 5.48 Å². The SMILES string of the molecule is CONC(C)CC(C)=O. The summed E-state index contributed by atoms with van der Waals surface area (Å²) in [7, 11) is 1.54. The van der Waals surface area contributed by atoms with Gasteiger partial charge in [-0.15, -0.1) is 0 Å². The van der Waals surface area contributed by atoms with Crippen molar-refractivity contribution in [3.8, 4) is 0 Å². The summed E-state index contributed by atoms with van der Waals surface area (Å²) in [6.45, 7) is 3.46. The second-order valence-corrected chi connectivity index (χ2v) is 2.13. The fourth-order valence-corrected chi connectivity index (χ4v) is 0.674. The summed E-state index contributed by atoms with van der Waals surface area (Å²) in [5, 5.41) is 0. The molecular formula is C6H13NO2. The molecule has 0 aromatic heterocycles. The Bertz CT molecular complexity index is 93.1. The summed E-state index contributed by atoms with van der Waals surface area (Å²) in [6, 6.07) is 0.118. The van der Waals surface area contributed by atoms with Crippen LogP contribution in [-0.2, 0) is 9.63 Å². The molecule has 0 aliphatic rings. The fourth-order valence-electron chi connectivity index (χ4n) is 0.674. The van der Waals surface area contributed by atoms with Gasteiger partial charge in [-0.1, -0.05) is 0 Å². The maximum absolute atomic E-state index is 10.4. The Labute approximate surface area is 55.3 Å². The van der Waals surface area contributed by atoms with Gasteiger partial charge in [0.15, 0.2) is 0 Å². The van der Waals surface area contributed by atoms with E-state index in [-0.39, 0.29) is 11.8 Å². The van der Waals surface area contributed by atoms with Crippen molar-refractivity contribution in [2.75, 3.05) is 7.11 Å². The highest BCUT2D eigenvalue weighted by atomic mass is 16.6. The first-order chi connectivity index (χ1) is 4.16. The first-order valence-electron chi connectivity index (χ1n) is 2.94. The summed E-state index contributed by atoms with van der Waals surface area (Å²) in [6.07, 6.45) is 0.522. The van der Waals surface area contributed by atoms with Crippen LogP contribution in [0.3, 0.4) is 0 Å². The quantitative estimate of drug-likeness (QED) is 0.565. The lowest BCUT2D eigenvalue weighted by Crippen LogP contribution is -2.26. The number of hydrogen-bond donors (Lipinski definition) is 1. The summed E-state index contributed by atoms with van der Waals surface area (Å²) < 4.78 is 0. The lowest BCUT2D eigenvalue weighted by molar-refractivity contribution is -0.118. The summed E-state index contributed by atoms with van der Waals surface area (Å²) in [5.41, 5.74) is 2.66. The molecule has 1 atom stereocenters. The first-order valence-corrected chi connectivity index (χ1v) is 2.94. The molecule has 0 radical (unpaired) electrons. The van der Waals surface area contributed by atoms with Crippen LogP contribution in [0.25, 0.3) is 0 Å². The molecule has 3 nitrogen and oxygen atoms in total. The van der Waals surface area contributed by atoms with Gasteiger partial charge in [-0.2, -0.15) is 5.48 Å². The highest BCUT2D eigenvalue weighted by Gasteiger charge is 2.01. The Kier molecular flexibility index (Phi) is 4.26. The Morgan fingerprint density at radius 2 is 2.33 bits per heavy atom. The van der Waals surface area contributed by atoms with Crippen LogP contribution in [0.4, 0.5) is 0 Å². The summed E-state index contributed by atoms with van der Waals surface area (Å²) >= 11 is 0. The minimum absolute atomic E-state index is 0.118. The van der Waals surface area contributed by atoms with Crippen LogP contribution in [0, 0.1) is 0 Å². The van der Waals surface area contributed by atoms with Gasteiger partial charge in [0.1, 0.15) is 5.78 Å². The van der Waals surface area contributed by atoms with E-state index in [2.05, 4.69) is 10.3 Å². The molecule has 0 aromatic carbocycles. The van der Waals surface area contributed by atoms with Gasteiger partial charge in [0.25, 0.3) is 0 Å². The number of carbonyl (C=O) groups is 1. The van der Waals surface area contributed by atoms with Crippen molar-refractivity contribution in [2.45, 2.75) is 26.3 Å². The van der Waals surface area contributed by atoms with Gasteiger partial charge in [-0.25, -0.2) is 0 Å². The number of hydroxylamine groups is 1. The van der Waals surface area contributed by atoms with Gasteiger partial charge in [0, 0.05) is 12.5 Å². The predicted molar refractivity (Wildman–Crippen MR) is 34.9 cm³/mol. The molecular weight excluding hydrogens is 118 g/mol. The van der Waals surface area contributed by atoms with E-state index < -0.39 is 0 Å². The van der Waals surface area contributed by atoms with Crippen molar-refractivity contribution < 1.29 is 9.63 Å². The van der Waals surface area contributed by atoms with E-state index in [1.165, 1.54) is 7.11 Å². The Morgan fingerprint density at radius 1 is 1.78 bits per heavy atom. The number of hydrogen-bond acceptors (Lipinski definition) is 3. The van der Waals surface area contributed by atoms with Crippen molar-refractivity contribution in [3.63, 3.8) is 0 Å². The number of Topliss-reactive ketones (excluding diaryl/α,β-unsaturated/α-hetero) is 1. The Morgan fingerprint density at radius 3 is 2.67 bits per heavy atom. The average molecular weight is 131 g/mol. The zero-order valence-corrected chi connectivity index (χ0v) is 6.10. The van der Waals surface area contributed by atoms with E-state index in [1.54, 1.807) is 6.92 Å². The molecule has 0 fully saturated rings. The largest absolute Gasteiger partial charge is 0.305 e. The van der Waals surface area contributed by atoms with E-state index in [4.69, 9.17) is 0 Å². The van der Waals surface area contributed by atoms with Gasteiger partial charge < -0.3 is 4.84 Å². The second kappa shape index (κ2) is 4.47. The van der Waals surface area contributed by atoms with Crippen LogP contribution < -0.4 is 5.48 Å². The van der Waals surface area contributed by atoms with Crippen LogP contribution in [0.2, 0.25) is 0 Å². The molecule has 0 aliphatic carbocycles. The molecule has 1 unspecified atom stereocenters. The zero-order valence-electron chi connectivity index (χ0n) is 6.10. The van der Waals surface area contributed by atoms with Crippen molar-refractivity contribution >= 4 is 5.78 Å². The molecule has 0 heterocycles. The maximum atomic E-state index is 10.4. The fraction of sp³-hybridized carbons (Fsp3) is 0.833. The minimum atomic E-state index is 0.118. The maximum Gasteiger partial charge on any atom is 0.131 e. The van der Waals surface area contributed by atoms with Gasteiger partial charge in [0.05, 0.1) is 7.11 Å². The van der Waals surface area contributed by atoms with Crippen molar-refractivity contribution in [1.29, 1.82) is 0 Å². The molecule has 1 N–H and O–H groups in total. The molecule has 0 aromatic rings. The molecule has 54 valence electrons. The molecule has 0 rings (SSSR count). The van der Waals surface area contributed by atoms with Gasteiger partial charge in [-0.05, 0) is 13.8 Å². The third-order valence-corrected chi connectivity index (χ3v) is 0.913. The monoisotopic (exact) mass is 131 g/mol. The van der Waals surface area contributed by atoms with Gasteiger partial charge in [-0.3, -0.25) is 4.79 Å². The highest BCUT2D eigenvalue weighted by Crippen LogP contribution is 1.89. The van der Waals surface area contributed by atoms with E-state index >= 15 is 0 Å². The molecule has 9 heavy (non-hydrogen) atoms. The van der Waals surface area contributed by atoms with E-state index in [9.17, 15) is 4.79 Å². The van der Waals surface area contributed by atoms with Crippen LogP contribution in [0.5, 0.6) is 0 Å². The number of rotatable bonds is 4. The third-order valence-electron chi connectivity index (χ3n) is 0.913. The van der Waals surface area contributed by atoms with E-state index in [1.807, 2.05) is 6.92 Å². The molecule has 0 aliphatic heterocycles. The lowest BCUT2D eigenvalue weighted by atomic mass is 10.2. The molecule has 0 saturated heterocycles. The van der Waals surface area contributed by atoms with E-state index in [0.29, 0.717) is 6.42 Å². The second-order valence-electron chi connectivity index (χ2n) is 2.13. The number of carbonyl (C=O) groups excluding carboxylic acids is 1. The van der Waals surface area contributed by atoms with E-state index in [0.717, 1.165) is 0 Å². The summed E-state index contributed by atoms with van der Waals surface area (Å²) in [5.74, 6) is 0.173. The van der Waals surface area contributed by atoms with Crippen LogP contribution >= 0.6 is 0 Å². The van der Waals surface area contributed by atoms with Gasteiger partial charge >= 0.3 is 0 Å². The Hall–Kier alpha value is -0.410. The molecule has 0 amide bonds. The average Bonchev–Trinajstić information content (AvgIpc) is 1.63. The predicted octanol–water partition coefficient (Wildman–Crippen LogP) is 0.505. The van der Waals surface area contributed by atoms with Crippen molar-refractivity contribution in [3.05, 3.63) is 0 Å². The molecule has 0 bridgehead atoms. The lowest BCUT2D eigenvalue weighted by Gasteiger charge is -2.07. The van der Waals surface area contributed by atoms with Crippen LogP contribution in [0.15, 0.2) is 0 Å². The number of ketones is 1. The molecule has 0 saturated carbocycles. The minimum Gasteiger partial charge on any atom is -0.305 e. The zero-order chi connectivity index (χ0) is 7.28. The number of nitrogens with one attached hydrogen (secondary N) is 1. The van der Waals surface area contributed by atoms with Crippen LogP contribution in [0.1, 0.15) is 20.3 Å². The topological polar surface area (TPSA) is 38.3 Å². The highest BCUT2D eigenvalue weighted by molar-refractivity contribution is 5.75. The smallest absolute Gasteiger partial charge is 0.131 e. The normalized spacial score (nSPS) is 13.2. The third kappa shape index (κ3) is 5.46. The molecule has 0 spiro atoms. The first kappa shape index (κ1) is 8.59. The molecule has 3 heteroatoms. The van der Waals surface area contributed by atoms with Crippen LogP contribution in [-0.4, -0.2) is 18.9 Å².